The Bertz CT molecular complexity index is 370. The molecule has 0 radical (unpaired) electrons. The van der Waals surface area contributed by atoms with Gasteiger partial charge in [0.1, 0.15) is 24.9 Å². The minimum absolute atomic E-state index is 0.0341. The molecular formula is C11H14O6. The highest BCUT2D eigenvalue weighted by Gasteiger charge is 2.36. The normalized spacial score (nSPS) is 29.3. The molecule has 0 heterocycles. The van der Waals surface area contributed by atoms with Crippen LogP contribution < -0.4 is 0 Å². The van der Waals surface area contributed by atoms with Crippen molar-refractivity contribution in [1.29, 1.82) is 0 Å². The largest absolute Gasteiger partial charge is 0.458 e. The smallest absolute Gasteiger partial charge is 0.330 e. The Balaban J connectivity index is 2.68. The summed E-state index contributed by atoms with van der Waals surface area (Å²) in [5.74, 6) is -1.38. The average Bonchev–Trinajstić information content (AvgIpc) is 2.30. The van der Waals surface area contributed by atoms with Crippen molar-refractivity contribution >= 4 is 11.8 Å². The van der Waals surface area contributed by atoms with E-state index in [1.807, 2.05) is 0 Å². The second-order valence-electron chi connectivity index (χ2n) is 3.59. The van der Waals surface area contributed by atoms with Crippen LogP contribution in [0.1, 0.15) is 6.92 Å². The van der Waals surface area contributed by atoms with Gasteiger partial charge in [0.15, 0.2) is 5.78 Å². The fraction of sp³-hybridized carbons (Fsp3) is 0.455. The number of allylic oxidation sites excluding steroid dienone is 1. The van der Waals surface area contributed by atoms with Gasteiger partial charge in [-0.25, -0.2) is 4.79 Å². The number of Topliss-reactive ketones (excluding diaryl/α,β-unsaturated/α-hetero) is 1. The van der Waals surface area contributed by atoms with Crippen LogP contribution in [0, 0.1) is 0 Å². The maximum atomic E-state index is 11.5. The molecule has 0 unspecified atom stereocenters. The maximum Gasteiger partial charge on any atom is 0.330 e. The van der Waals surface area contributed by atoms with E-state index in [4.69, 9.17) is 4.74 Å². The van der Waals surface area contributed by atoms with Crippen molar-refractivity contribution in [3.63, 3.8) is 0 Å². The Kier molecular flexibility index (Phi) is 4.56. The van der Waals surface area contributed by atoms with E-state index in [9.17, 15) is 24.9 Å². The Labute approximate surface area is 97.8 Å². The Morgan fingerprint density at radius 2 is 2.12 bits per heavy atom. The number of ether oxygens (including phenoxy) is 1. The predicted octanol–water partition coefficient (Wildman–Crippen LogP) is -1.30. The molecule has 6 heteroatoms. The molecule has 0 saturated carbocycles. The lowest BCUT2D eigenvalue weighted by Gasteiger charge is -2.26. The third-order valence-corrected chi connectivity index (χ3v) is 2.30. The van der Waals surface area contributed by atoms with Gasteiger partial charge in [-0.15, -0.1) is 0 Å². The van der Waals surface area contributed by atoms with Crippen molar-refractivity contribution in [3.8, 4) is 0 Å². The lowest BCUT2D eigenvalue weighted by molar-refractivity contribution is -0.140. The molecule has 94 valence electrons. The first-order valence-corrected chi connectivity index (χ1v) is 5.06. The molecule has 0 aliphatic heterocycles. The first kappa shape index (κ1) is 13.6. The second-order valence-corrected chi connectivity index (χ2v) is 3.59. The molecule has 0 aromatic heterocycles. The zero-order chi connectivity index (χ0) is 13.0. The molecule has 0 amide bonds. The molecule has 0 aromatic rings. The highest BCUT2D eigenvalue weighted by atomic mass is 16.5. The summed E-state index contributed by atoms with van der Waals surface area (Å²) in [5, 5.41) is 27.8. The van der Waals surface area contributed by atoms with E-state index in [-0.39, 0.29) is 12.2 Å². The number of esters is 1. The number of carbonyl (C=O) groups is 2. The molecule has 1 aliphatic rings. The Morgan fingerprint density at radius 1 is 1.47 bits per heavy atom. The summed E-state index contributed by atoms with van der Waals surface area (Å²) in [6.45, 7) is 1.29. The van der Waals surface area contributed by atoms with Crippen molar-refractivity contribution in [3.05, 3.63) is 23.8 Å². The summed E-state index contributed by atoms with van der Waals surface area (Å²) in [4.78, 5) is 22.5. The number of hydrogen-bond acceptors (Lipinski definition) is 6. The van der Waals surface area contributed by atoms with Crippen LogP contribution in [0.5, 0.6) is 0 Å². The highest BCUT2D eigenvalue weighted by molar-refractivity contribution is 6.00. The molecule has 0 bridgehead atoms. The monoisotopic (exact) mass is 242 g/mol. The van der Waals surface area contributed by atoms with Crippen molar-refractivity contribution in [2.24, 2.45) is 0 Å². The SMILES string of the molecule is C/C=C/C(=O)OCC1=C[C@H](O)[C@H](O)[C@H](O)C1=O. The molecule has 17 heavy (non-hydrogen) atoms. The van der Waals surface area contributed by atoms with Crippen LogP contribution >= 0.6 is 0 Å². The van der Waals surface area contributed by atoms with Gasteiger partial charge in [0, 0.05) is 11.6 Å². The van der Waals surface area contributed by atoms with E-state index in [0.717, 1.165) is 6.08 Å². The average molecular weight is 242 g/mol. The molecule has 6 nitrogen and oxygen atoms in total. The number of carbonyl (C=O) groups excluding carboxylic acids is 2. The van der Waals surface area contributed by atoms with Crippen molar-refractivity contribution in [1.82, 2.24) is 0 Å². The number of aliphatic hydroxyl groups excluding tert-OH is 3. The quantitative estimate of drug-likeness (QED) is 0.419. The van der Waals surface area contributed by atoms with Gasteiger partial charge in [0.05, 0.1) is 0 Å². The van der Waals surface area contributed by atoms with Crippen molar-refractivity contribution in [2.75, 3.05) is 6.61 Å². The first-order valence-electron chi connectivity index (χ1n) is 5.06. The van der Waals surface area contributed by atoms with E-state index in [1.165, 1.54) is 12.2 Å². The van der Waals surface area contributed by atoms with E-state index in [0.29, 0.717) is 0 Å². The van der Waals surface area contributed by atoms with E-state index in [2.05, 4.69) is 0 Å². The molecule has 0 saturated heterocycles. The molecule has 0 spiro atoms. The molecule has 1 rings (SSSR count). The Morgan fingerprint density at radius 3 is 2.71 bits per heavy atom. The van der Waals surface area contributed by atoms with Crippen LogP contribution in [0.25, 0.3) is 0 Å². The summed E-state index contributed by atoms with van der Waals surface area (Å²) >= 11 is 0. The number of rotatable bonds is 3. The third-order valence-electron chi connectivity index (χ3n) is 2.30. The van der Waals surface area contributed by atoms with Crippen molar-refractivity contribution < 1.29 is 29.6 Å². The van der Waals surface area contributed by atoms with Crippen LogP contribution in [-0.2, 0) is 14.3 Å². The standard InChI is InChI=1S/C11H14O6/c1-2-3-8(13)17-5-6-4-7(12)10(15)11(16)9(6)14/h2-4,7,10-12,15-16H,5H2,1H3/b3-2+/t7-,10-,11+/m0/s1. The lowest BCUT2D eigenvalue weighted by Crippen LogP contribution is -2.46. The van der Waals surface area contributed by atoms with Crippen LogP contribution in [0.3, 0.4) is 0 Å². The predicted molar refractivity (Wildman–Crippen MR) is 56.9 cm³/mol. The first-order chi connectivity index (χ1) is 7.97. The number of hydrogen-bond donors (Lipinski definition) is 3. The van der Waals surface area contributed by atoms with Gasteiger partial charge >= 0.3 is 5.97 Å². The van der Waals surface area contributed by atoms with Crippen LogP contribution in [0.4, 0.5) is 0 Å². The van der Waals surface area contributed by atoms with E-state index >= 15 is 0 Å². The van der Waals surface area contributed by atoms with Gasteiger partial charge in [-0.1, -0.05) is 6.08 Å². The highest BCUT2D eigenvalue weighted by Crippen LogP contribution is 2.16. The fourth-order valence-electron chi connectivity index (χ4n) is 1.37. The minimum atomic E-state index is -1.69. The van der Waals surface area contributed by atoms with Crippen LogP contribution in [0.2, 0.25) is 0 Å². The van der Waals surface area contributed by atoms with Gasteiger partial charge < -0.3 is 20.1 Å². The molecular weight excluding hydrogens is 228 g/mol. The summed E-state index contributed by atoms with van der Waals surface area (Å²) in [5.41, 5.74) is -0.0341. The van der Waals surface area contributed by atoms with Crippen molar-refractivity contribution in [2.45, 2.75) is 25.2 Å². The molecule has 3 atom stereocenters. The minimum Gasteiger partial charge on any atom is -0.458 e. The van der Waals surface area contributed by atoms with Gasteiger partial charge in [0.25, 0.3) is 0 Å². The molecule has 1 aliphatic carbocycles. The van der Waals surface area contributed by atoms with Crippen LogP contribution in [0.15, 0.2) is 23.8 Å². The topological polar surface area (TPSA) is 104 Å². The summed E-state index contributed by atoms with van der Waals surface area (Å²) in [6, 6.07) is 0. The molecule has 3 N–H and O–H groups in total. The zero-order valence-electron chi connectivity index (χ0n) is 9.24. The summed E-state index contributed by atoms with van der Waals surface area (Å²) in [6.07, 6.45) is -0.855. The third kappa shape index (κ3) is 3.23. The van der Waals surface area contributed by atoms with Gasteiger partial charge in [0.2, 0.25) is 0 Å². The zero-order valence-corrected chi connectivity index (χ0v) is 9.24. The molecule has 0 fully saturated rings. The van der Waals surface area contributed by atoms with Crippen LogP contribution in [-0.4, -0.2) is 52.0 Å². The number of aliphatic hydroxyl groups is 3. The Hall–Kier alpha value is -1.50. The molecule has 0 aromatic carbocycles. The second kappa shape index (κ2) is 5.72. The van der Waals surface area contributed by atoms with E-state index in [1.54, 1.807) is 6.92 Å². The van der Waals surface area contributed by atoms with E-state index < -0.39 is 30.1 Å². The van der Waals surface area contributed by atoms with Gasteiger partial charge in [-0.05, 0) is 13.0 Å². The van der Waals surface area contributed by atoms with Gasteiger partial charge in [-0.2, -0.15) is 0 Å². The fourth-order valence-corrected chi connectivity index (χ4v) is 1.37. The summed E-state index contributed by atoms with van der Waals surface area (Å²) in [7, 11) is 0. The maximum absolute atomic E-state index is 11.5. The lowest BCUT2D eigenvalue weighted by atomic mass is 9.91. The summed E-state index contributed by atoms with van der Waals surface area (Å²) < 4.78 is 4.71. The van der Waals surface area contributed by atoms with Gasteiger partial charge in [-0.3, -0.25) is 4.79 Å². The number of ketones is 1.